The Hall–Kier alpha value is -8.46. The quantitative estimate of drug-likeness (QED) is 0.147. The van der Waals surface area contributed by atoms with E-state index in [0.29, 0.717) is 0 Å². The summed E-state index contributed by atoms with van der Waals surface area (Å²) < 4.78 is 4.80. The van der Waals surface area contributed by atoms with Gasteiger partial charge in [0.2, 0.25) is 0 Å². The third-order valence-corrected chi connectivity index (χ3v) is 15.0. The van der Waals surface area contributed by atoms with Gasteiger partial charge in [-0.15, -0.1) is 0 Å². The molecule has 0 fully saturated rings. The van der Waals surface area contributed by atoms with Gasteiger partial charge in [-0.1, -0.05) is 145 Å². The molecular formula is C68H52N2. The maximum absolute atomic E-state index is 2.49. The third kappa shape index (κ3) is 6.47. The molecule has 11 aromatic carbocycles. The van der Waals surface area contributed by atoms with Crippen LogP contribution in [0, 0.1) is 41.5 Å². The number of aryl methyl sites for hydroxylation is 6. The molecule has 0 aliphatic rings. The van der Waals surface area contributed by atoms with Gasteiger partial charge >= 0.3 is 0 Å². The normalized spacial score (nSPS) is 11.9. The van der Waals surface area contributed by atoms with E-state index >= 15 is 0 Å². The van der Waals surface area contributed by atoms with Crippen LogP contribution >= 0.6 is 0 Å². The first-order chi connectivity index (χ1) is 34.2. The number of para-hydroxylation sites is 4. The van der Waals surface area contributed by atoms with Gasteiger partial charge in [-0.05, 0) is 203 Å². The zero-order valence-corrected chi connectivity index (χ0v) is 40.5. The molecule has 2 aromatic heterocycles. The Bertz CT molecular complexity index is 3950. The van der Waals surface area contributed by atoms with Crippen LogP contribution in [0.2, 0.25) is 0 Å². The Kier molecular flexibility index (Phi) is 9.58. The fraction of sp³-hybridized carbons (Fsp3) is 0.0882. The molecule has 2 nitrogen and oxygen atoms in total. The van der Waals surface area contributed by atoms with Crippen molar-refractivity contribution in [1.82, 2.24) is 9.13 Å². The van der Waals surface area contributed by atoms with Crippen molar-refractivity contribution in [2.75, 3.05) is 0 Å². The summed E-state index contributed by atoms with van der Waals surface area (Å²) in [4.78, 5) is 0. The number of fused-ring (bicyclic) bond motifs is 8. The van der Waals surface area contributed by atoms with E-state index in [-0.39, 0.29) is 0 Å². The summed E-state index contributed by atoms with van der Waals surface area (Å²) in [6, 6.07) is 77.2. The molecule has 0 amide bonds. The molecule has 0 radical (unpaired) electrons. The van der Waals surface area contributed by atoms with E-state index in [2.05, 4.69) is 257 Å². The molecule has 13 rings (SSSR count). The van der Waals surface area contributed by atoms with E-state index < -0.39 is 0 Å². The molecule has 0 saturated heterocycles. The zero-order chi connectivity index (χ0) is 47.4. The van der Waals surface area contributed by atoms with Crippen LogP contribution in [-0.2, 0) is 0 Å². The predicted molar refractivity (Wildman–Crippen MR) is 300 cm³/mol. The van der Waals surface area contributed by atoms with E-state index in [1.165, 1.54) is 154 Å². The van der Waals surface area contributed by atoms with Crippen LogP contribution in [0.4, 0.5) is 0 Å². The highest BCUT2D eigenvalue weighted by Crippen LogP contribution is 2.49. The Labute approximate surface area is 409 Å². The third-order valence-electron chi connectivity index (χ3n) is 15.0. The van der Waals surface area contributed by atoms with Crippen molar-refractivity contribution in [3.05, 3.63) is 240 Å². The molecule has 2 heterocycles. The second-order valence-electron chi connectivity index (χ2n) is 19.7. The number of hydrogen-bond donors (Lipinski definition) is 0. The molecule has 0 spiro atoms. The second kappa shape index (κ2) is 16.1. The van der Waals surface area contributed by atoms with Gasteiger partial charge in [-0.2, -0.15) is 0 Å². The molecule has 70 heavy (non-hydrogen) atoms. The van der Waals surface area contributed by atoms with E-state index in [0.717, 1.165) is 0 Å². The van der Waals surface area contributed by atoms with Gasteiger partial charge in [0.25, 0.3) is 0 Å². The second-order valence-corrected chi connectivity index (χ2v) is 19.7. The lowest BCUT2D eigenvalue weighted by molar-refractivity contribution is 1.18. The summed E-state index contributed by atoms with van der Waals surface area (Å²) >= 11 is 0. The SMILES string of the molecule is Cc1cc(C)c(-c2c3ccc(-c4ccc5c(c4)c4ccccc4n5-c4ccccc4)cc3c(-c3c(C)cc(C)cc3C)c3ccc(-c4ccc5c(c4)c4ccccc4n5-c4ccccc4)cc23)c(C)c1. The smallest absolute Gasteiger partial charge is 0.0541 e. The molecule has 2 heteroatoms. The molecule has 0 aliphatic carbocycles. The van der Waals surface area contributed by atoms with Crippen molar-refractivity contribution in [3.8, 4) is 55.9 Å². The first-order valence-corrected chi connectivity index (χ1v) is 24.6. The maximum Gasteiger partial charge on any atom is 0.0541 e. The van der Waals surface area contributed by atoms with Crippen molar-refractivity contribution >= 4 is 65.2 Å². The van der Waals surface area contributed by atoms with Crippen molar-refractivity contribution in [1.29, 1.82) is 0 Å². The number of nitrogens with zero attached hydrogens (tertiary/aromatic N) is 2. The summed E-state index contributed by atoms with van der Waals surface area (Å²) in [7, 11) is 0. The predicted octanol–water partition coefficient (Wildman–Crippen LogP) is 18.7. The van der Waals surface area contributed by atoms with Crippen molar-refractivity contribution < 1.29 is 0 Å². The lowest BCUT2D eigenvalue weighted by Crippen LogP contribution is -1.98. The first kappa shape index (κ1) is 41.7. The van der Waals surface area contributed by atoms with Gasteiger partial charge in [0.05, 0.1) is 22.1 Å². The average Bonchev–Trinajstić information content (AvgIpc) is 3.89. The van der Waals surface area contributed by atoms with Crippen molar-refractivity contribution in [2.24, 2.45) is 0 Å². The standard InChI is InChI=1S/C68H52N2/c1-41-33-43(3)65(44(4)34-41)67-55-29-25-48(50-28-32-64-58(38-50)54-22-14-16-24-62(54)70(64)52-19-11-8-12-20-52)40-60(55)68(66-45(5)35-42(2)36-46(66)6)56-30-26-47(39-59(56)67)49-27-31-63-57(37-49)53-21-13-15-23-61(53)69(63)51-17-9-7-10-18-51/h7-40H,1-6H3. The number of rotatable bonds is 6. The largest absolute Gasteiger partial charge is 0.309 e. The fourth-order valence-electron chi connectivity index (χ4n) is 12.3. The van der Waals surface area contributed by atoms with Crippen molar-refractivity contribution in [2.45, 2.75) is 41.5 Å². The van der Waals surface area contributed by atoms with Crippen LogP contribution < -0.4 is 0 Å². The van der Waals surface area contributed by atoms with Crippen LogP contribution in [0.3, 0.4) is 0 Å². The lowest BCUT2D eigenvalue weighted by Gasteiger charge is -2.23. The van der Waals surface area contributed by atoms with Gasteiger partial charge in [-0.3, -0.25) is 0 Å². The highest BCUT2D eigenvalue weighted by molar-refractivity contribution is 6.24. The number of hydrogen-bond acceptors (Lipinski definition) is 0. The highest BCUT2D eigenvalue weighted by Gasteiger charge is 2.24. The van der Waals surface area contributed by atoms with Gasteiger partial charge in [0, 0.05) is 32.9 Å². The summed E-state index contributed by atoms with van der Waals surface area (Å²) in [5.74, 6) is 0. The molecule has 334 valence electrons. The molecule has 13 aromatic rings. The highest BCUT2D eigenvalue weighted by atomic mass is 15.0. The Morgan fingerprint density at radius 3 is 0.929 bits per heavy atom. The zero-order valence-electron chi connectivity index (χ0n) is 40.5. The van der Waals surface area contributed by atoms with E-state index in [1.807, 2.05) is 0 Å². The van der Waals surface area contributed by atoms with E-state index in [4.69, 9.17) is 0 Å². The van der Waals surface area contributed by atoms with E-state index in [1.54, 1.807) is 0 Å². The monoisotopic (exact) mass is 896 g/mol. The Morgan fingerprint density at radius 2 is 0.543 bits per heavy atom. The van der Waals surface area contributed by atoms with Gasteiger partial charge < -0.3 is 9.13 Å². The minimum Gasteiger partial charge on any atom is -0.309 e. The molecule has 0 unspecified atom stereocenters. The molecule has 0 atom stereocenters. The summed E-state index contributed by atoms with van der Waals surface area (Å²) in [6.45, 7) is 13.6. The van der Waals surface area contributed by atoms with Gasteiger partial charge in [0.15, 0.2) is 0 Å². The molecule has 0 bridgehead atoms. The maximum atomic E-state index is 2.49. The molecule has 0 N–H and O–H groups in total. The van der Waals surface area contributed by atoms with Crippen LogP contribution in [0.5, 0.6) is 0 Å². The summed E-state index contributed by atoms with van der Waals surface area (Å²) in [5.41, 5.74) is 24.9. The number of aromatic nitrogens is 2. The van der Waals surface area contributed by atoms with Gasteiger partial charge in [0.1, 0.15) is 0 Å². The first-order valence-electron chi connectivity index (χ1n) is 24.6. The Balaban J connectivity index is 1.10. The van der Waals surface area contributed by atoms with Gasteiger partial charge in [-0.25, -0.2) is 0 Å². The lowest BCUT2D eigenvalue weighted by atomic mass is 9.80. The van der Waals surface area contributed by atoms with Crippen LogP contribution in [0.25, 0.3) is 121 Å². The topological polar surface area (TPSA) is 9.86 Å². The van der Waals surface area contributed by atoms with Crippen LogP contribution in [-0.4, -0.2) is 9.13 Å². The van der Waals surface area contributed by atoms with Crippen molar-refractivity contribution in [3.63, 3.8) is 0 Å². The minimum atomic E-state index is 1.17. The van der Waals surface area contributed by atoms with E-state index in [9.17, 15) is 0 Å². The Morgan fingerprint density at radius 1 is 0.229 bits per heavy atom. The minimum absolute atomic E-state index is 1.17. The fourth-order valence-corrected chi connectivity index (χ4v) is 12.3. The molecule has 0 aliphatic heterocycles. The van der Waals surface area contributed by atoms with Crippen LogP contribution in [0.15, 0.2) is 206 Å². The summed E-state index contributed by atoms with van der Waals surface area (Å²) in [6.07, 6.45) is 0. The average molecular weight is 897 g/mol. The summed E-state index contributed by atoms with van der Waals surface area (Å²) in [5, 5.41) is 10.1. The number of benzene rings is 11. The molecule has 0 saturated carbocycles. The van der Waals surface area contributed by atoms with Crippen LogP contribution in [0.1, 0.15) is 33.4 Å². The molecular weight excluding hydrogens is 845 g/mol.